The molecule has 4 N–H and O–H groups in total. The van der Waals surface area contributed by atoms with Crippen LogP contribution >= 0.6 is 11.3 Å². The van der Waals surface area contributed by atoms with Gasteiger partial charge in [0.05, 0.1) is 10.6 Å². The number of rotatable bonds is 4. The van der Waals surface area contributed by atoms with E-state index in [9.17, 15) is 14.4 Å². The number of nitrogens with two attached hydrogens (primary N) is 1. The predicted molar refractivity (Wildman–Crippen MR) is 88.3 cm³/mol. The lowest BCUT2D eigenvalue weighted by Crippen LogP contribution is -2.33. The fraction of sp³-hybridized carbons (Fsp3) is 0.0667. The van der Waals surface area contributed by atoms with Gasteiger partial charge in [-0.05, 0) is 36.1 Å². The van der Waals surface area contributed by atoms with Crippen LogP contribution in [0.3, 0.4) is 0 Å². The van der Waals surface area contributed by atoms with Crippen molar-refractivity contribution in [3.63, 3.8) is 0 Å². The highest BCUT2D eigenvalue weighted by molar-refractivity contribution is 7.12. The Morgan fingerprint density at radius 2 is 1.96 bits per heavy atom. The first-order valence-electron chi connectivity index (χ1n) is 6.56. The van der Waals surface area contributed by atoms with E-state index in [1.165, 1.54) is 11.3 Å². The second kappa shape index (κ2) is 7.32. The number of hydrogen-bond acceptors (Lipinski definition) is 5. The van der Waals surface area contributed by atoms with Gasteiger partial charge < -0.3 is 11.1 Å². The van der Waals surface area contributed by atoms with Gasteiger partial charge in [0.2, 0.25) is 0 Å². The molecule has 0 unspecified atom stereocenters. The van der Waals surface area contributed by atoms with Gasteiger partial charge in [-0.25, -0.2) is 5.43 Å². The number of benzene rings is 1. The van der Waals surface area contributed by atoms with Gasteiger partial charge >= 0.3 is 11.8 Å². The van der Waals surface area contributed by atoms with E-state index in [2.05, 4.69) is 15.8 Å². The van der Waals surface area contributed by atoms with E-state index >= 15 is 0 Å². The summed E-state index contributed by atoms with van der Waals surface area (Å²) in [5.41, 5.74) is 8.61. The maximum Gasteiger partial charge on any atom is 0.329 e. The Bertz CT molecular complexity index is 769. The van der Waals surface area contributed by atoms with Crippen molar-refractivity contribution in [2.45, 2.75) is 6.92 Å². The molecule has 1 aromatic carbocycles. The highest BCUT2D eigenvalue weighted by atomic mass is 32.1. The Morgan fingerprint density at radius 3 is 2.61 bits per heavy atom. The molecule has 0 aliphatic carbocycles. The van der Waals surface area contributed by atoms with E-state index in [-0.39, 0.29) is 5.91 Å². The summed E-state index contributed by atoms with van der Waals surface area (Å²) in [5, 5.41) is 8.39. The highest BCUT2D eigenvalue weighted by Gasteiger charge is 2.09. The first-order valence-corrected chi connectivity index (χ1v) is 7.44. The molecule has 0 aliphatic rings. The van der Waals surface area contributed by atoms with Crippen molar-refractivity contribution in [1.29, 1.82) is 0 Å². The van der Waals surface area contributed by atoms with Crippen LogP contribution in [0.25, 0.3) is 0 Å². The summed E-state index contributed by atoms with van der Waals surface area (Å²) in [4.78, 5) is 34.3. The smallest absolute Gasteiger partial charge is 0.329 e. The quantitative estimate of drug-likeness (QED) is 0.446. The van der Waals surface area contributed by atoms with Crippen molar-refractivity contribution >= 4 is 40.5 Å². The summed E-state index contributed by atoms with van der Waals surface area (Å²) < 4.78 is 0. The zero-order valence-electron chi connectivity index (χ0n) is 12.2. The third kappa shape index (κ3) is 4.48. The molecule has 1 aromatic heterocycles. The van der Waals surface area contributed by atoms with Crippen molar-refractivity contribution in [1.82, 2.24) is 5.43 Å². The Hall–Kier alpha value is -3.00. The largest absolute Gasteiger partial charge is 0.361 e. The van der Waals surface area contributed by atoms with Gasteiger partial charge in [0.15, 0.2) is 0 Å². The van der Waals surface area contributed by atoms with Crippen LogP contribution in [0.15, 0.2) is 46.9 Å². The molecule has 8 heteroatoms. The van der Waals surface area contributed by atoms with Crippen LogP contribution in [0.1, 0.15) is 22.2 Å². The molecule has 0 bridgehead atoms. The monoisotopic (exact) mass is 330 g/mol. The van der Waals surface area contributed by atoms with E-state index in [0.717, 1.165) is 0 Å². The summed E-state index contributed by atoms with van der Waals surface area (Å²) >= 11 is 1.35. The SMILES string of the molecule is CC(=NNC(=O)C(N)=O)c1cccc(NC(=O)c2cccs2)c1. The van der Waals surface area contributed by atoms with Gasteiger partial charge in [0.1, 0.15) is 0 Å². The number of amides is 3. The summed E-state index contributed by atoms with van der Waals surface area (Å²) in [6, 6.07) is 10.5. The third-order valence-electron chi connectivity index (χ3n) is 2.83. The van der Waals surface area contributed by atoms with E-state index in [1.807, 2.05) is 5.38 Å². The van der Waals surface area contributed by atoms with Gasteiger partial charge in [-0.1, -0.05) is 18.2 Å². The van der Waals surface area contributed by atoms with Crippen LogP contribution in [0.2, 0.25) is 0 Å². The molecular formula is C15H14N4O3S. The van der Waals surface area contributed by atoms with Crippen LogP contribution in [-0.4, -0.2) is 23.4 Å². The van der Waals surface area contributed by atoms with Crippen molar-refractivity contribution in [3.8, 4) is 0 Å². The Labute approximate surface area is 136 Å². The maximum absolute atomic E-state index is 12.0. The average Bonchev–Trinajstić information content (AvgIpc) is 3.07. The van der Waals surface area contributed by atoms with Crippen LogP contribution in [0.5, 0.6) is 0 Å². The minimum atomic E-state index is -1.11. The molecule has 0 radical (unpaired) electrons. The number of carbonyl (C=O) groups excluding carboxylic acids is 3. The van der Waals surface area contributed by atoms with Crippen LogP contribution in [0.4, 0.5) is 5.69 Å². The van der Waals surface area contributed by atoms with Crippen molar-refractivity contribution in [2.75, 3.05) is 5.32 Å². The van der Waals surface area contributed by atoms with Gasteiger partial charge in [-0.3, -0.25) is 14.4 Å². The number of anilines is 1. The molecule has 2 rings (SSSR count). The summed E-state index contributed by atoms with van der Waals surface area (Å²) in [6.07, 6.45) is 0. The molecule has 2 aromatic rings. The number of carbonyl (C=O) groups is 3. The lowest BCUT2D eigenvalue weighted by molar-refractivity contribution is -0.137. The van der Waals surface area contributed by atoms with Crippen molar-refractivity contribution in [2.24, 2.45) is 10.8 Å². The number of hydrogen-bond donors (Lipinski definition) is 3. The molecule has 1 heterocycles. The second-order valence-electron chi connectivity index (χ2n) is 4.51. The van der Waals surface area contributed by atoms with E-state index < -0.39 is 11.8 Å². The second-order valence-corrected chi connectivity index (χ2v) is 5.46. The van der Waals surface area contributed by atoms with Gasteiger partial charge in [-0.2, -0.15) is 5.10 Å². The number of primary amides is 1. The lowest BCUT2D eigenvalue weighted by atomic mass is 10.1. The maximum atomic E-state index is 12.0. The Balaban J connectivity index is 2.10. The zero-order chi connectivity index (χ0) is 16.8. The molecule has 0 spiro atoms. The first kappa shape index (κ1) is 16.4. The standard InChI is InChI=1S/C15H14N4O3S/c1-9(18-19-15(22)13(16)20)10-4-2-5-11(8-10)17-14(21)12-6-3-7-23-12/h2-8H,1H3,(H2,16,20)(H,17,21)(H,19,22). The summed E-state index contributed by atoms with van der Waals surface area (Å²) in [6.45, 7) is 1.65. The molecule has 0 saturated carbocycles. The number of nitrogens with zero attached hydrogens (tertiary/aromatic N) is 1. The van der Waals surface area contributed by atoms with E-state index in [4.69, 9.17) is 5.73 Å². The fourth-order valence-electron chi connectivity index (χ4n) is 1.68. The fourth-order valence-corrected chi connectivity index (χ4v) is 2.30. The Kier molecular flexibility index (Phi) is 5.21. The third-order valence-corrected chi connectivity index (χ3v) is 3.70. The zero-order valence-corrected chi connectivity index (χ0v) is 13.0. The van der Waals surface area contributed by atoms with Crippen molar-refractivity contribution in [3.05, 3.63) is 52.2 Å². The molecule has 0 saturated heterocycles. The number of hydrazone groups is 1. The predicted octanol–water partition coefficient (Wildman–Crippen LogP) is 1.33. The minimum absolute atomic E-state index is 0.200. The molecule has 118 valence electrons. The van der Waals surface area contributed by atoms with Crippen LogP contribution in [-0.2, 0) is 9.59 Å². The summed E-state index contributed by atoms with van der Waals surface area (Å²) in [7, 11) is 0. The number of nitrogens with one attached hydrogen (secondary N) is 2. The molecule has 0 aliphatic heterocycles. The normalized spacial score (nSPS) is 10.9. The van der Waals surface area contributed by atoms with E-state index in [0.29, 0.717) is 21.8 Å². The van der Waals surface area contributed by atoms with Gasteiger partial charge in [0, 0.05) is 5.69 Å². The summed E-state index contributed by atoms with van der Waals surface area (Å²) in [5.74, 6) is -2.31. The van der Waals surface area contributed by atoms with Gasteiger partial charge in [0.25, 0.3) is 5.91 Å². The molecule has 0 atom stereocenters. The molecule has 3 amide bonds. The van der Waals surface area contributed by atoms with E-state index in [1.54, 1.807) is 43.3 Å². The average molecular weight is 330 g/mol. The first-order chi connectivity index (χ1) is 11.0. The lowest BCUT2D eigenvalue weighted by Gasteiger charge is -2.06. The molecule has 0 fully saturated rings. The minimum Gasteiger partial charge on any atom is -0.361 e. The molecule has 23 heavy (non-hydrogen) atoms. The topological polar surface area (TPSA) is 114 Å². The highest BCUT2D eigenvalue weighted by Crippen LogP contribution is 2.15. The van der Waals surface area contributed by atoms with Crippen LogP contribution < -0.4 is 16.5 Å². The van der Waals surface area contributed by atoms with Gasteiger partial charge in [-0.15, -0.1) is 11.3 Å². The van der Waals surface area contributed by atoms with Crippen LogP contribution in [0, 0.1) is 0 Å². The Morgan fingerprint density at radius 1 is 1.17 bits per heavy atom. The molecular weight excluding hydrogens is 316 g/mol. The molecule has 7 nitrogen and oxygen atoms in total. The van der Waals surface area contributed by atoms with Crippen molar-refractivity contribution < 1.29 is 14.4 Å². The number of thiophene rings is 1.